The van der Waals surface area contributed by atoms with Gasteiger partial charge in [0.25, 0.3) is 0 Å². The highest BCUT2D eigenvalue weighted by atomic mass is 16.3. The number of furan rings is 3. The first-order chi connectivity index (χ1) is 28.2. The van der Waals surface area contributed by atoms with E-state index in [9.17, 15) is 0 Å². The summed E-state index contributed by atoms with van der Waals surface area (Å²) in [6.07, 6.45) is -0.436. The average molecular weight is 734 g/mol. The van der Waals surface area contributed by atoms with Gasteiger partial charge in [-0.1, -0.05) is 152 Å². The molecule has 0 saturated heterocycles. The van der Waals surface area contributed by atoms with Crippen LogP contribution < -0.4 is 5.32 Å². The van der Waals surface area contributed by atoms with E-state index in [0.717, 1.165) is 111 Å². The van der Waals surface area contributed by atoms with Crippen molar-refractivity contribution in [2.45, 2.75) is 6.17 Å². The van der Waals surface area contributed by atoms with Crippen molar-refractivity contribution in [1.29, 1.82) is 0 Å². The summed E-state index contributed by atoms with van der Waals surface area (Å²) in [4.78, 5) is 10.6. The minimum atomic E-state index is -0.436. The van der Waals surface area contributed by atoms with Crippen LogP contribution in [0.2, 0.25) is 0 Å². The average Bonchev–Trinajstić information content (AvgIpc) is 3.98. The number of amidine groups is 2. The van der Waals surface area contributed by atoms with E-state index in [4.69, 9.17) is 23.2 Å². The van der Waals surface area contributed by atoms with Gasteiger partial charge < -0.3 is 18.6 Å². The van der Waals surface area contributed by atoms with Crippen LogP contribution in [0.3, 0.4) is 0 Å². The van der Waals surface area contributed by atoms with Gasteiger partial charge in [0.2, 0.25) is 0 Å². The number of para-hydroxylation sites is 4. The van der Waals surface area contributed by atoms with E-state index in [-0.39, 0.29) is 0 Å². The van der Waals surface area contributed by atoms with Gasteiger partial charge in [-0.3, -0.25) is 0 Å². The van der Waals surface area contributed by atoms with Crippen molar-refractivity contribution in [3.8, 4) is 22.3 Å². The molecule has 0 amide bonds. The molecule has 1 aliphatic heterocycles. The first-order valence-corrected chi connectivity index (χ1v) is 19.1. The topological polar surface area (TPSA) is 76.2 Å². The summed E-state index contributed by atoms with van der Waals surface area (Å²) < 4.78 is 19.6. The van der Waals surface area contributed by atoms with E-state index in [1.165, 1.54) is 0 Å². The van der Waals surface area contributed by atoms with Crippen molar-refractivity contribution in [2.24, 2.45) is 9.98 Å². The molecular formula is C51H31N3O3. The molecule has 8 aromatic carbocycles. The minimum absolute atomic E-state index is 0.436. The molecule has 1 N–H and O–H groups in total. The fourth-order valence-corrected chi connectivity index (χ4v) is 8.46. The zero-order valence-corrected chi connectivity index (χ0v) is 30.4. The predicted molar refractivity (Wildman–Crippen MR) is 231 cm³/mol. The van der Waals surface area contributed by atoms with Crippen LogP contribution in [-0.4, -0.2) is 11.7 Å². The summed E-state index contributed by atoms with van der Waals surface area (Å²) in [6.45, 7) is 0. The molecule has 1 atom stereocenters. The molecule has 0 radical (unpaired) electrons. The normalized spacial score (nSPS) is 14.5. The van der Waals surface area contributed by atoms with Crippen LogP contribution in [0.25, 0.3) is 88.1 Å². The highest BCUT2D eigenvalue weighted by molar-refractivity contribution is 6.23. The van der Waals surface area contributed by atoms with E-state index in [2.05, 4.69) is 127 Å². The number of rotatable bonds is 5. The molecule has 12 rings (SSSR count). The first kappa shape index (κ1) is 31.6. The van der Waals surface area contributed by atoms with Crippen molar-refractivity contribution in [2.75, 3.05) is 0 Å². The Labute approximate surface area is 326 Å². The van der Waals surface area contributed by atoms with E-state index in [1.807, 2.05) is 54.6 Å². The number of nitrogens with one attached hydrogen (secondary N) is 1. The van der Waals surface area contributed by atoms with Gasteiger partial charge in [-0.2, -0.15) is 0 Å². The molecule has 0 aliphatic carbocycles. The fourth-order valence-electron chi connectivity index (χ4n) is 8.46. The van der Waals surface area contributed by atoms with E-state index in [0.29, 0.717) is 5.84 Å². The second-order valence-electron chi connectivity index (χ2n) is 14.5. The Morgan fingerprint density at radius 1 is 0.404 bits per heavy atom. The molecule has 0 saturated carbocycles. The summed E-state index contributed by atoms with van der Waals surface area (Å²) in [7, 11) is 0. The Morgan fingerprint density at radius 3 is 1.77 bits per heavy atom. The van der Waals surface area contributed by atoms with Crippen molar-refractivity contribution >= 4 is 77.5 Å². The van der Waals surface area contributed by atoms with E-state index >= 15 is 0 Å². The number of benzene rings is 8. The molecule has 11 aromatic rings. The predicted octanol–water partition coefficient (Wildman–Crippen LogP) is 13.2. The number of nitrogens with zero attached hydrogens (tertiary/aromatic N) is 2. The Bertz CT molecular complexity index is 3440. The molecule has 1 aliphatic rings. The molecule has 0 fully saturated rings. The molecule has 57 heavy (non-hydrogen) atoms. The molecule has 3 aromatic heterocycles. The second-order valence-corrected chi connectivity index (χ2v) is 14.5. The standard InChI is InChI=1S/C51H31N3O3/c1-2-11-30(12-3-1)31-23-25-32(26-24-31)49-52-50(33-27-28-36-34-13-4-6-20-42(34)55-45(36)29-33)54-51(53-49)41-19-10-22-44-46(41)40-18-9-17-39(48(40)57-44)38-16-8-15-37-35-14-5-7-21-43(35)56-47(37)38/h1-29,50H,(H,52,53,54). The number of hydrogen-bond donors (Lipinski definition) is 1. The van der Waals surface area contributed by atoms with Crippen molar-refractivity contribution in [3.05, 3.63) is 193 Å². The van der Waals surface area contributed by atoms with Crippen LogP contribution in [0.5, 0.6) is 0 Å². The molecule has 0 spiro atoms. The maximum absolute atomic E-state index is 6.77. The Morgan fingerprint density at radius 2 is 0.965 bits per heavy atom. The van der Waals surface area contributed by atoms with Gasteiger partial charge in [-0.25, -0.2) is 9.98 Å². The zero-order valence-electron chi connectivity index (χ0n) is 30.4. The summed E-state index contributed by atoms with van der Waals surface area (Å²) in [6, 6.07) is 60.3. The second kappa shape index (κ2) is 12.4. The van der Waals surface area contributed by atoms with Crippen molar-refractivity contribution in [1.82, 2.24) is 5.32 Å². The van der Waals surface area contributed by atoms with Crippen molar-refractivity contribution < 1.29 is 13.3 Å². The quantitative estimate of drug-likeness (QED) is 0.191. The summed E-state index contributed by atoms with van der Waals surface area (Å²) >= 11 is 0. The fraction of sp³-hybridized carbons (Fsp3) is 0.0196. The van der Waals surface area contributed by atoms with Gasteiger partial charge in [0.15, 0.2) is 5.84 Å². The van der Waals surface area contributed by atoms with Gasteiger partial charge in [-0.05, 0) is 35.4 Å². The summed E-state index contributed by atoms with van der Waals surface area (Å²) in [5.41, 5.74) is 12.0. The molecule has 0 bridgehead atoms. The molecule has 6 nitrogen and oxygen atoms in total. The number of hydrogen-bond acceptors (Lipinski definition) is 6. The van der Waals surface area contributed by atoms with Crippen LogP contribution in [0.4, 0.5) is 0 Å². The summed E-state index contributed by atoms with van der Waals surface area (Å²) in [5.74, 6) is 1.35. The van der Waals surface area contributed by atoms with Gasteiger partial charge in [0.05, 0.1) is 0 Å². The molecule has 6 heteroatoms. The highest BCUT2D eigenvalue weighted by Crippen LogP contribution is 2.42. The maximum atomic E-state index is 6.77. The minimum Gasteiger partial charge on any atom is -0.456 e. The zero-order chi connectivity index (χ0) is 37.5. The lowest BCUT2D eigenvalue weighted by Gasteiger charge is -2.24. The van der Waals surface area contributed by atoms with Gasteiger partial charge in [0.1, 0.15) is 45.5 Å². The van der Waals surface area contributed by atoms with Crippen LogP contribution in [0, 0.1) is 0 Å². The molecule has 1 unspecified atom stereocenters. The lowest BCUT2D eigenvalue weighted by atomic mass is 9.98. The SMILES string of the molecule is c1ccc(-c2ccc(C3=NC(c4cccc5oc6c(-c7cccc8c7oc7ccccc78)cccc6c45)=NC(c4ccc5c(c4)oc4ccccc45)N3)cc2)cc1. The third kappa shape index (κ3) is 5.04. The van der Waals surface area contributed by atoms with Crippen molar-refractivity contribution in [3.63, 3.8) is 0 Å². The number of aliphatic imine (C=N–C) groups is 2. The number of fused-ring (bicyclic) bond motifs is 9. The Hall–Kier alpha value is -7.70. The first-order valence-electron chi connectivity index (χ1n) is 19.1. The van der Waals surface area contributed by atoms with Gasteiger partial charge in [0, 0.05) is 60.1 Å². The van der Waals surface area contributed by atoms with Gasteiger partial charge in [-0.15, -0.1) is 0 Å². The maximum Gasteiger partial charge on any atom is 0.160 e. The summed E-state index contributed by atoms with van der Waals surface area (Å²) in [5, 5.41) is 9.94. The van der Waals surface area contributed by atoms with E-state index < -0.39 is 6.17 Å². The third-order valence-electron chi connectivity index (χ3n) is 11.2. The Balaban J connectivity index is 1.03. The van der Waals surface area contributed by atoms with Crippen LogP contribution in [-0.2, 0) is 0 Å². The lowest BCUT2D eigenvalue weighted by Crippen LogP contribution is -2.33. The van der Waals surface area contributed by atoms with Gasteiger partial charge >= 0.3 is 0 Å². The highest BCUT2D eigenvalue weighted by Gasteiger charge is 2.25. The Kier molecular flexibility index (Phi) is 6.89. The molecule has 4 heterocycles. The molecule has 268 valence electrons. The lowest BCUT2D eigenvalue weighted by molar-refractivity contribution is 0.655. The van der Waals surface area contributed by atoms with Crippen LogP contribution in [0.1, 0.15) is 22.9 Å². The van der Waals surface area contributed by atoms with Crippen LogP contribution in [0.15, 0.2) is 199 Å². The largest absolute Gasteiger partial charge is 0.456 e. The smallest absolute Gasteiger partial charge is 0.160 e. The third-order valence-corrected chi connectivity index (χ3v) is 11.2. The molecular weight excluding hydrogens is 703 g/mol. The van der Waals surface area contributed by atoms with Crippen LogP contribution >= 0.6 is 0 Å². The monoisotopic (exact) mass is 733 g/mol. The van der Waals surface area contributed by atoms with E-state index in [1.54, 1.807) is 0 Å².